The molecule has 0 fully saturated rings. The lowest BCUT2D eigenvalue weighted by molar-refractivity contribution is -0.385. The molecule has 21 heavy (non-hydrogen) atoms. The number of rotatable bonds is 5. The van der Waals surface area contributed by atoms with Crippen LogP contribution in [0, 0.1) is 15.9 Å². The van der Waals surface area contributed by atoms with Gasteiger partial charge >= 0.3 is 0 Å². The molecule has 1 N–H and O–H groups in total. The number of halogens is 2. The number of hydrogen-bond donors (Lipinski definition) is 1. The van der Waals surface area contributed by atoms with E-state index in [4.69, 9.17) is 16.3 Å². The summed E-state index contributed by atoms with van der Waals surface area (Å²) in [6.07, 6.45) is 0. The molecule has 0 aliphatic heterocycles. The van der Waals surface area contributed by atoms with E-state index in [2.05, 4.69) is 5.32 Å². The maximum Gasteiger partial charge on any atom is 0.272 e. The van der Waals surface area contributed by atoms with E-state index < -0.39 is 10.7 Å². The molecule has 0 spiro atoms. The van der Waals surface area contributed by atoms with Crippen molar-refractivity contribution in [3.05, 3.63) is 62.9 Å². The topological polar surface area (TPSA) is 64.4 Å². The molecule has 2 aromatic carbocycles. The monoisotopic (exact) mass is 310 g/mol. The lowest BCUT2D eigenvalue weighted by Gasteiger charge is -2.09. The molecule has 0 amide bonds. The standard InChI is InChI=1S/C14H12ClFN2O3/c1-21-14-7-11(2-3-13(14)15)17-8-9-4-10(16)6-12(5-9)18(19)20/h2-7,17H,8H2,1H3. The van der Waals surface area contributed by atoms with Crippen molar-refractivity contribution >= 4 is 23.0 Å². The predicted octanol–water partition coefficient (Wildman–Crippen LogP) is 4.01. The molecule has 0 aromatic heterocycles. The van der Waals surface area contributed by atoms with Crippen molar-refractivity contribution in [2.75, 3.05) is 12.4 Å². The molecular formula is C14H12ClFN2O3. The number of hydrogen-bond acceptors (Lipinski definition) is 4. The Morgan fingerprint density at radius 2 is 2.10 bits per heavy atom. The number of ether oxygens (including phenoxy) is 1. The van der Waals surface area contributed by atoms with Crippen LogP contribution in [0.4, 0.5) is 15.8 Å². The quantitative estimate of drug-likeness (QED) is 0.669. The van der Waals surface area contributed by atoms with Gasteiger partial charge in [-0.3, -0.25) is 10.1 Å². The molecule has 0 radical (unpaired) electrons. The Labute approximate surface area is 125 Å². The van der Waals surface area contributed by atoms with Crippen LogP contribution in [0.3, 0.4) is 0 Å². The van der Waals surface area contributed by atoms with Crippen LogP contribution in [0.2, 0.25) is 5.02 Å². The van der Waals surface area contributed by atoms with Gasteiger partial charge < -0.3 is 10.1 Å². The highest BCUT2D eigenvalue weighted by atomic mass is 35.5. The van der Waals surface area contributed by atoms with Crippen molar-refractivity contribution in [1.82, 2.24) is 0 Å². The summed E-state index contributed by atoms with van der Waals surface area (Å²) in [4.78, 5) is 10.1. The molecule has 0 aliphatic rings. The smallest absolute Gasteiger partial charge is 0.272 e. The second-order valence-corrected chi connectivity index (χ2v) is 4.68. The zero-order valence-electron chi connectivity index (χ0n) is 11.1. The van der Waals surface area contributed by atoms with E-state index in [0.717, 1.165) is 6.07 Å². The maximum absolute atomic E-state index is 13.3. The number of nitro groups is 1. The van der Waals surface area contributed by atoms with Gasteiger partial charge in [0.1, 0.15) is 11.6 Å². The summed E-state index contributed by atoms with van der Waals surface area (Å²) < 4.78 is 18.4. The SMILES string of the molecule is COc1cc(NCc2cc(F)cc([N+](=O)[O-])c2)ccc1Cl. The lowest BCUT2D eigenvalue weighted by atomic mass is 10.2. The van der Waals surface area contributed by atoms with E-state index in [1.54, 1.807) is 18.2 Å². The van der Waals surface area contributed by atoms with E-state index in [9.17, 15) is 14.5 Å². The van der Waals surface area contributed by atoms with Crippen molar-refractivity contribution in [3.63, 3.8) is 0 Å². The molecule has 0 unspecified atom stereocenters. The van der Waals surface area contributed by atoms with Gasteiger partial charge in [0.15, 0.2) is 0 Å². The summed E-state index contributed by atoms with van der Waals surface area (Å²) in [5.41, 5.74) is 0.902. The van der Waals surface area contributed by atoms with Crippen LogP contribution in [0.25, 0.3) is 0 Å². The van der Waals surface area contributed by atoms with Crippen LogP contribution in [0.15, 0.2) is 36.4 Å². The van der Waals surface area contributed by atoms with E-state index >= 15 is 0 Å². The first-order valence-electron chi connectivity index (χ1n) is 6.01. The van der Waals surface area contributed by atoms with Gasteiger partial charge in [-0.25, -0.2) is 4.39 Å². The molecule has 5 nitrogen and oxygen atoms in total. The molecule has 2 rings (SSSR count). The highest BCUT2D eigenvalue weighted by molar-refractivity contribution is 6.32. The molecule has 0 saturated heterocycles. The highest BCUT2D eigenvalue weighted by Crippen LogP contribution is 2.27. The summed E-state index contributed by atoms with van der Waals surface area (Å²) in [6, 6.07) is 8.54. The van der Waals surface area contributed by atoms with Gasteiger partial charge in [-0.15, -0.1) is 0 Å². The molecule has 2 aromatic rings. The van der Waals surface area contributed by atoms with E-state index in [1.165, 1.54) is 19.2 Å². The summed E-state index contributed by atoms with van der Waals surface area (Å²) in [5.74, 6) is -0.137. The number of benzene rings is 2. The third-order valence-electron chi connectivity index (χ3n) is 2.80. The molecule has 7 heteroatoms. The fourth-order valence-electron chi connectivity index (χ4n) is 1.81. The van der Waals surface area contributed by atoms with Gasteiger partial charge in [0.2, 0.25) is 0 Å². The van der Waals surface area contributed by atoms with Gasteiger partial charge in [-0.2, -0.15) is 0 Å². The largest absolute Gasteiger partial charge is 0.495 e. The van der Waals surface area contributed by atoms with E-state index in [1.807, 2.05) is 0 Å². The van der Waals surface area contributed by atoms with Crippen molar-refractivity contribution in [1.29, 1.82) is 0 Å². The fraction of sp³-hybridized carbons (Fsp3) is 0.143. The first-order valence-corrected chi connectivity index (χ1v) is 6.38. The zero-order chi connectivity index (χ0) is 15.4. The number of methoxy groups -OCH3 is 1. The summed E-state index contributed by atoms with van der Waals surface area (Å²) in [5, 5.41) is 14.2. The predicted molar refractivity (Wildman–Crippen MR) is 78.4 cm³/mol. The number of nitro benzene ring substituents is 1. The molecule has 0 atom stereocenters. The van der Waals surface area contributed by atoms with E-state index in [0.29, 0.717) is 22.0 Å². The molecule has 0 aliphatic carbocycles. The minimum Gasteiger partial charge on any atom is -0.495 e. The van der Waals surface area contributed by atoms with Crippen molar-refractivity contribution in [3.8, 4) is 5.75 Å². The van der Waals surface area contributed by atoms with Crippen LogP contribution in [0.1, 0.15) is 5.56 Å². The Balaban J connectivity index is 2.14. The summed E-state index contributed by atoms with van der Waals surface area (Å²) in [7, 11) is 1.50. The van der Waals surface area contributed by atoms with Gasteiger partial charge in [-0.05, 0) is 23.8 Å². The van der Waals surface area contributed by atoms with Crippen LogP contribution in [-0.2, 0) is 6.54 Å². The number of non-ortho nitro benzene ring substituents is 1. The third kappa shape index (κ3) is 3.82. The molecule has 110 valence electrons. The second-order valence-electron chi connectivity index (χ2n) is 4.28. The maximum atomic E-state index is 13.3. The Morgan fingerprint density at radius 1 is 1.33 bits per heavy atom. The fourth-order valence-corrected chi connectivity index (χ4v) is 2.01. The third-order valence-corrected chi connectivity index (χ3v) is 3.11. The Kier molecular flexibility index (Phi) is 4.59. The second kappa shape index (κ2) is 6.41. The summed E-state index contributed by atoms with van der Waals surface area (Å²) in [6.45, 7) is 0.239. The molecule has 0 heterocycles. The first-order chi connectivity index (χ1) is 9.99. The van der Waals surface area contributed by atoms with Gasteiger partial charge in [0.05, 0.1) is 23.1 Å². The van der Waals surface area contributed by atoms with E-state index in [-0.39, 0.29) is 12.2 Å². The van der Waals surface area contributed by atoms with Crippen molar-refractivity contribution in [2.45, 2.75) is 6.54 Å². The minimum atomic E-state index is -0.644. The Hall–Kier alpha value is -2.34. The molecule has 0 bridgehead atoms. The minimum absolute atomic E-state index is 0.239. The van der Waals surface area contributed by atoms with Gasteiger partial charge in [0.25, 0.3) is 5.69 Å². The Bertz CT molecular complexity index is 679. The zero-order valence-corrected chi connectivity index (χ0v) is 11.9. The number of nitrogens with zero attached hydrogens (tertiary/aromatic N) is 1. The van der Waals surface area contributed by atoms with Gasteiger partial charge in [0, 0.05) is 24.4 Å². The van der Waals surface area contributed by atoms with Crippen molar-refractivity contribution in [2.24, 2.45) is 0 Å². The Morgan fingerprint density at radius 3 is 2.76 bits per heavy atom. The molecular weight excluding hydrogens is 299 g/mol. The average Bonchev–Trinajstić information content (AvgIpc) is 2.45. The van der Waals surface area contributed by atoms with Gasteiger partial charge in [-0.1, -0.05) is 11.6 Å². The lowest BCUT2D eigenvalue weighted by Crippen LogP contribution is -2.01. The number of anilines is 1. The normalized spacial score (nSPS) is 10.2. The van der Waals surface area contributed by atoms with Crippen LogP contribution < -0.4 is 10.1 Å². The number of nitrogens with one attached hydrogen (secondary N) is 1. The van der Waals surface area contributed by atoms with Crippen LogP contribution in [0.5, 0.6) is 5.75 Å². The summed E-state index contributed by atoms with van der Waals surface area (Å²) >= 11 is 5.91. The van der Waals surface area contributed by atoms with Crippen LogP contribution >= 0.6 is 11.6 Å². The van der Waals surface area contributed by atoms with Crippen LogP contribution in [-0.4, -0.2) is 12.0 Å². The van der Waals surface area contributed by atoms with Crippen molar-refractivity contribution < 1.29 is 14.1 Å². The highest BCUT2D eigenvalue weighted by Gasteiger charge is 2.10. The first kappa shape index (κ1) is 15.1. The average molecular weight is 311 g/mol. The molecule has 0 saturated carbocycles.